The van der Waals surface area contributed by atoms with E-state index < -0.39 is 10.1 Å². The molecule has 2 fully saturated rings. The molecule has 7 heteroatoms. The number of rotatable bonds is 2. The summed E-state index contributed by atoms with van der Waals surface area (Å²) in [6.45, 7) is 2.16. The van der Waals surface area contributed by atoms with Crippen LogP contribution in [-0.4, -0.2) is 41.8 Å². The summed E-state index contributed by atoms with van der Waals surface area (Å²) in [5.41, 5.74) is 4.52. The van der Waals surface area contributed by atoms with Crippen molar-refractivity contribution in [1.82, 2.24) is 4.90 Å². The molecule has 1 saturated heterocycles. The van der Waals surface area contributed by atoms with Crippen molar-refractivity contribution in [2.45, 2.75) is 56.5 Å². The van der Waals surface area contributed by atoms with Gasteiger partial charge in [0, 0.05) is 23.6 Å². The zero-order valence-corrected chi connectivity index (χ0v) is 17.6. The van der Waals surface area contributed by atoms with Crippen molar-refractivity contribution in [1.29, 1.82) is 0 Å². The lowest BCUT2D eigenvalue weighted by molar-refractivity contribution is -0.0158. The van der Waals surface area contributed by atoms with Crippen LogP contribution in [0.3, 0.4) is 0 Å². The first-order chi connectivity index (χ1) is 13.8. The molecule has 6 nitrogen and oxygen atoms in total. The van der Waals surface area contributed by atoms with E-state index in [2.05, 4.69) is 23.1 Å². The van der Waals surface area contributed by atoms with Crippen LogP contribution in [-0.2, 0) is 28.5 Å². The van der Waals surface area contributed by atoms with E-state index >= 15 is 0 Å². The molecule has 1 aliphatic heterocycles. The Morgan fingerprint density at radius 2 is 2.03 bits per heavy atom. The lowest BCUT2D eigenvalue weighted by Gasteiger charge is -2.59. The molecule has 3 aliphatic rings. The number of hydrogen-bond donors (Lipinski definition) is 2. The largest absolute Gasteiger partial charge is 0.508 e. The maximum Gasteiger partial charge on any atom is 0.261 e. The molecule has 2 N–H and O–H groups in total. The number of likely N-dealkylation sites (tertiary alicyclic amines) is 1. The topological polar surface area (TPSA) is 91.0 Å². The first kappa shape index (κ1) is 20.4. The molecule has 2 heterocycles. The molecule has 158 valence electrons. The Morgan fingerprint density at radius 3 is 2.76 bits per heavy atom. The molecular formula is C22H29NO5S. The van der Waals surface area contributed by atoms with E-state index in [4.69, 9.17) is 8.97 Å². The molecule has 5 rings (SSSR count). The van der Waals surface area contributed by atoms with Gasteiger partial charge in [-0.05, 0) is 67.5 Å². The second-order valence-electron chi connectivity index (χ2n) is 8.71. The van der Waals surface area contributed by atoms with Gasteiger partial charge in [-0.2, -0.15) is 8.42 Å². The molecule has 2 bridgehead atoms. The summed E-state index contributed by atoms with van der Waals surface area (Å²) in [6.07, 6.45) is 12.1. The lowest BCUT2D eigenvalue weighted by Crippen LogP contribution is -2.60. The second kappa shape index (κ2) is 7.78. The predicted octanol–water partition coefficient (Wildman–Crippen LogP) is 3.75. The van der Waals surface area contributed by atoms with Crippen LogP contribution in [0.2, 0.25) is 0 Å². The molecule has 0 spiro atoms. The molecule has 0 amide bonds. The van der Waals surface area contributed by atoms with Crippen LogP contribution in [0.4, 0.5) is 0 Å². The number of phenolic OH excluding ortho intramolecular Hbond substituents is 1. The fraction of sp³-hybridized carbons (Fsp3) is 0.545. The number of benzene rings is 1. The summed E-state index contributed by atoms with van der Waals surface area (Å²) in [5.74, 6) is 1.17. The van der Waals surface area contributed by atoms with Crippen molar-refractivity contribution in [2.24, 2.45) is 5.92 Å². The highest BCUT2D eigenvalue weighted by molar-refractivity contribution is 7.85. The van der Waals surface area contributed by atoms with E-state index in [0.717, 1.165) is 25.4 Å². The SMILES string of the molecule is CS(=O)(=O)O.Oc1ccc2c(c1)[C@@]13CCCCC1[C@@H](C2)N(Cc1ccoc1)CC3. The summed E-state index contributed by atoms with van der Waals surface area (Å²) < 4.78 is 31.1. The van der Waals surface area contributed by atoms with Gasteiger partial charge in [-0.3, -0.25) is 9.45 Å². The highest BCUT2D eigenvalue weighted by Crippen LogP contribution is 2.56. The predicted molar refractivity (Wildman–Crippen MR) is 110 cm³/mol. The maximum atomic E-state index is 10.1. The quantitative estimate of drug-likeness (QED) is 0.721. The van der Waals surface area contributed by atoms with Gasteiger partial charge in [0.1, 0.15) is 5.75 Å². The summed E-state index contributed by atoms with van der Waals surface area (Å²) in [4.78, 5) is 2.69. The molecule has 1 aromatic heterocycles. The third kappa shape index (κ3) is 4.22. The van der Waals surface area contributed by atoms with E-state index in [1.807, 2.05) is 12.3 Å². The molecule has 1 aromatic carbocycles. The zero-order valence-electron chi connectivity index (χ0n) is 16.8. The number of aromatic hydroxyl groups is 1. The molecular weight excluding hydrogens is 390 g/mol. The molecule has 2 aliphatic carbocycles. The van der Waals surface area contributed by atoms with E-state index in [1.165, 1.54) is 48.8 Å². The molecule has 1 unspecified atom stereocenters. The van der Waals surface area contributed by atoms with E-state index in [9.17, 15) is 13.5 Å². The number of hydrogen-bond acceptors (Lipinski definition) is 5. The minimum Gasteiger partial charge on any atom is -0.508 e. The highest BCUT2D eigenvalue weighted by Gasteiger charge is 2.53. The van der Waals surface area contributed by atoms with E-state index in [1.54, 1.807) is 6.26 Å². The minimum absolute atomic E-state index is 0.308. The average Bonchev–Trinajstić information content (AvgIpc) is 3.16. The van der Waals surface area contributed by atoms with Gasteiger partial charge in [0.2, 0.25) is 0 Å². The van der Waals surface area contributed by atoms with Gasteiger partial charge < -0.3 is 9.52 Å². The zero-order chi connectivity index (χ0) is 20.6. The van der Waals surface area contributed by atoms with Gasteiger partial charge in [-0.1, -0.05) is 18.9 Å². The van der Waals surface area contributed by atoms with Crippen LogP contribution in [0.15, 0.2) is 41.2 Å². The van der Waals surface area contributed by atoms with Gasteiger partial charge in [0.25, 0.3) is 10.1 Å². The van der Waals surface area contributed by atoms with Crippen molar-refractivity contribution in [3.8, 4) is 5.75 Å². The van der Waals surface area contributed by atoms with Gasteiger partial charge in [-0.25, -0.2) is 0 Å². The van der Waals surface area contributed by atoms with E-state index in [0.29, 0.717) is 23.5 Å². The smallest absolute Gasteiger partial charge is 0.261 e. The van der Waals surface area contributed by atoms with Crippen LogP contribution >= 0.6 is 0 Å². The molecule has 29 heavy (non-hydrogen) atoms. The van der Waals surface area contributed by atoms with Crippen molar-refractivity contribution >= 4 is 10.1 Å². The molecule has 1 saturated carbocycles. The minimum atomic E-state index is -3.67. The number of nitrogens with zero attached hydrogens (tertiary/aromatic N) is 1. The van der Waals surface area contributed by atoms with Crippen LogP contribution < -0.4 is 0 Å². The Hall–Kier alpha value is -1.83. The third-order valence-electron chi connectivity index (χ3n) is 6.90. The summed E-state index contributed by atoms with van der Waals surface area (Å²) in [7, 11) is -3.67. The number of furan rings is 1. The molecule has 0 radical (unpaired) electrons. The monoisotopic (exact) mass is 419 g/mol. The van der Waals surface area contributed by atoms with Gasteiger partial charge >= 0.3 is 0 Å². The Bertz CT molecular complexity index is 948. The first-order valence-electron chi connectivity index (χ1n) is 10.3. The van der Waals surface area contributed by atoms with Crippen LogP contribution in [0, 0.1) is 5.92 Å². The van der Waals surface area contributed by atoms with Crippen molar-refractivity contribution in [2.75, 3.05) is 12.8 Å². The van der Waals surface area contributed by atoms with Crippen LogP contribution in [0.5, 0.6) is 5.75 Å². The molecule has 3 atom stereocenters. The Balaban J connectivity index is 0.000000369. The van der Waals surface area contributed by atoms with Crippen molar-refractivity contribution in [3.05, 3.63) is 53.5 Å². The Morgan fingerprint density at radius 1 is 1.24 bits per heavy atom. The van der Waals surface area contributed by atoms with Crippen LogP contribution in [0.25, 0.3) is 0 Å². The number of fused-ring (bicyclic) bond motifs is 1. The number of piperidine rings is 1. The maximum absolute atomic E-state index is 10.1. The summed E-state index contributed by atoms with van der Waals surface area (Å²) in [6, 6.07) is 8.85. The van der Waals surface area contributed by atoms with Gasteiger partial charge in [0.05, 0.1) is 18.8 Å². The molecule has 2 aromatic rings. The fourth-order valence-electron chi connectivity index (χ4n) is 5.89. The number of phenols is 1. The summed E-state index contributed by atoms with van der Waals surface area (Å²) >= 11 is 0. The fourth-order valence-corrected chi connectivity index (χ4v) is 5.89. The third-order valence-corrected chi connectivity index (χ3v) is 6.90. The normalized spacial score (nSPS) is 28.6. The first-order valence-corrected chi connectivity index (χ1v) is 12.1. The summed E-state index contributed by atoms with van der Waals surface area (Å²) in [5, 5.41) is 10.1. The van der Waals surface area contributed by atoms with Crippen molar-refractivity contribution < 1.29 is 22.5 Å². The highest BCUT2D eigenvalue weighted by atomic mass is 32.2. The second-order valence-corrected chi connectivity index (χ2v) is 10.2. The average molecular weight is 420 g/mol. The van der Waals surface area contributed by atoms with Crippen molar-refractivity contribution in [3.63, 3.8) is 0 Å². The lowest BCUT2D eigenvalue weighted by atomic mass is 9.52. The standard InChI is InChI=1S/C21H25NO2.CH4O3S/c23-17-5-4-16-11-20-18-3-1-2-7-21(18,19(16)12-17)8-9-22(20)13-15-6-10-24-14-15;1-5(2,3)4/h4-6,10,12,14,18,20,23H,1-3,7-9,11,13H2;1H3,(H,2,3,4)/t18?,20-,21-;/m1./s1. The van der Waals surface area contributed by atoms with Gasteiger partial charge in [0.15, 0.2) is 0 Å². The van der Waals surface area contributed by atoms with Crippen LogP contribution in [0.1, 0.15) is 48.8 Å². The van der Waals surface area contributed by atoms with Gasteiger partial charge in [-0.15, -0.1) is 0 Å². The Kier molecular flexibility index (Phi) is 5.48. The van der Waals surface area contributed by atoms with E-state index in [-0.39, 0.29) is 0 Å². The Labute approximate surface area is 172 Å².